The van der Waals surface area contributed by atoms with E-state index >= 15 is 0 Å². The Morgan fingerprint density at radius 1 is 1.53 bits per heavy atom. The lowest BCUT2D eigenvalue weighted by Gasteiger charge is -2.25. The zero-order chi connectivity index (χ0) is 11.4. The first-order valence-corrected chi connectivity index (χ1v) is 6.17. The van der Waals surface area contributed by atoms with Crippen LogP contribution < -0.4 is 4.90 Å². The summed E-state index contributed by atoms with van der Waals surface area (Å²) >= 11 is 1.54. The van der Waals surface area contributed by atoms with Gasteiger partial charge in [-0.15, -0.1) is 11.3 Å². The molecule has 0 saturated heterocycles. The van der Waals surface area contributed by atoms with Crippen molar-refractivity contribution in [2.24, 2.45) is 0 Å². The van der Waals surface area contributed by atoms with E-state index in [1.807, 2.05) is 12.4 Å². The molecule has 4 heteroatoms. The van der Waals surface area contributed by atoms with Crippen molar-refractivity contribution in [3.63, 3.8) is 0 Å². The molecule has 0 unspecified atom stereocenters. The van der Waals surface area contributed by atoms with Crippen molar-refractivity contribution >= 4 is 22.3 Å². The number of ketones is 1. The van der Waals surface area contributed by atoms with Gasteiger partial charge in [-0.1, -0.05) is 13.8 Å². The summed E-state index contributed by atoms with van der Waals surface area (Å²) in [5, 5.41) is 2.77. The maximum Gasteiger partial charge on any atom is 0.185 e. The highest BCUT2D eigenvalue weighted by molar-refractivity contribution is 7.13. The third kappa shape index (κ3) is 2.78. The number of nitrogens with zero attached hydrogens (tertiary/aromatic N) is 2. The molecule has 0 radical (unpaired) electrons. The molecule has 15 heavy (non-hydrogen) atoms. The summed E-state index contributed by atoms with van der Waals surface area (Å²) in [4.78, 5) is 17.6. The molecule has 0 saturated carbocycles. The normalized spacial score (nSPS) is 10.7. The molecule has 0 aliphatic heterocycles. The lowest BCUT2D eigenvalue weighted by molar-refractivity contribution is 0.101. The van der Waals surface area contributed by atoms with Crippen LogP contribution in [0, 0.1) is 0 Å². The summed E-state index contributed by atoms with van der Waals surface area (Å²) in [6, 6.07) is 0.510. The molecule has 0 N–H and O–H groups in total. The summed E-state index contributed by atoms with van der Waals surface area (Å²) in [7, 11) is 2.04. The van der Waals surface area contributed by atoms with E-state index in [9.17, 15) is 4.79 Å². The topological polar surface area (TPSA) is 33.2 Å². The number of aromatic nitrogens is 1. The molecule has 0 spiro atoms. The molecule has 1 aromatic rings. The number of hydrogen-bond donors (Lipinski definition) is 0. The van der Waals surface area contributed by atoms with Gasteiger partial charge in [-0.05, 0) is 12.8 Å². The van der Waals surface area contributed by atoms with Crippen molar-refractivity contribution in [2.75, 3.05) is 11.9 Å². The standard InChI is InChI=1S/C11H18N2OS/c1-5-9(6-2)13(4)11-12-10(7-15-11)8(3)14/h7,9H,5-6H2,1-4H3. The molecule has 3 nitrogen and oxygen atoms in total. The Bertz CT molecular complexity index is 331. The van der Waals surface area contributed by atoms with Crippen molar-refractivity contribution in [1.82, 2.24) is 4.98 Å². The van der Waals surface area contributed by atoms with Crippen molar-refractivity contribution in [2.45, 2.75) is 39.7 Å². The highest BCUT2D eigenvalue weighted by atomic mass is 32.1. The van der Waals surface area contributed by atoms with Gasteiger partial charge in [-0.25, -0.2) is 4.98 Å². The Hall–Kier alpha value is -0.900. The second kappa shape index (κ2) is 5.26. The van der Waals surface area contributed by atoms with Crippen LogP contribution in [0.25, 0.3) is 0 Å². The second-order valence-electron chi connectivity index (χ2n) is 3.65. The van der Waals surface area contributed by atoms with Crippen LogP contribution in [-0.4, -0.2) is 23.9 Å². The van der Waals surface area contributed by atoms with Gasteiger partial charge in [0.2, 0.25) is 0 Å². The number of carbonyl (C=O) groups excluding carboxylic acids is 1. The largest absolute Gasteiger partial charge is 0.348 e. The first-order valence-electron chi connectivity index (χ1n) is 5.29. The zero-order valence-electron chi connectivity index (χ0n) is 9.78. The van der Waals surface area contributed by atoms with Crippen LogP contribution in [0.3, 0.4) is 0 Å². The smallest absolute Gasteiger partial charge is 0.185 e. The molecule has 0 aromatic carbocycles. The summed E-state index contributed by atoms with van der Waals surface area (Å²) < 4.78 is 0. The molecular formula is C11H18N2OS. The Balaban J connectivity index is 2.81. The Labute approximate surface area is 95.1 Å². The van der Waals surface area contributed by atoms with Crippen LogP contribution in [0.2, 0.25) is 0 Å². The van der Waals surface area contributed by atoms with E-state index in [1.54, 1.807) is 6.92 Å². The third-order valence-electron chi connectivity index (χ3n) is 2.64. The molecule has 0 aliphatic carbocycles. The van der Waals surface area contributed by atoms with E-state index in [-0.39, 0.29) is 5.78 Å². The van der Waals surface area contributed by atoms with Gasteiger partial charge in [0, 0.05) is 25.4 Å². The third-order valence-corrected chi connectivity index (χ3v) is 3.58. The van der Waals surface area contributed by atoms with E-state index in [4.69, 9.17) is 0 Å². The molecule has 0 bridgehead atoms. The summed E-state index contributed by atoms with van der Waals surface area (Å²) in [5.74, 6) is 0.0375. The highest BCUT2D eigenvalue weighted by Gasteiger charge is 2.15. The van der Waals surface area contributed by atoms with Crippen molar-refractivity contribution in [3.8, 4) is 0 Å². The van der Waals surface area contributed by atoms with Crippen LogP contribution in [0.4, 0.5) is 5.13 Å². The average Bonchev–Trinajstić information content (AvgIpc) is 2.68. The van der Waals surface area contributed by atoms with Crippen LogP contribution in [0.5, 0.6) is 0 Å². The minimum atomic E-state index is 0.0375. The summed E-state index contributed by atoms with van der Waals surface area (Å²) in [5.41, 5.74) is 0.577. The molecule has 0 atom stereocenters. The Kier molecular flexibility index (Phi) is 4.27. The fourth-order valence-electron chi connectivity index (χ4n) is 1.58. The molecule has 1 heterocycles. The Morgan fingerprint density at radius 2 is 2.13 bits per heavy atom. The van der Waals surface area contributed by atoms with E-state index in [0.717, 1.165) is 18.0 Å². The van der Waals surface area contributed by atoms with Crippen LogP contribution in [0.15, 0.2) is 5.38 Å². The second-order valence-corrected chi connectivity index (χ2v) is 4.49. The number of hydrogen-bond acceptors (Lipinski definition) is 4. The highest BCUT2D eigenvalue weighted by Crippen LogP contribution is 2.23. The van der Waals surface area contributed by atoms with Gasteiger partial charge in [0.15, 0.2) is 10.9 Å². The van der Waals surface area contributed by atoms with E-state index in [2.05, 4.69) is 23.7 Å². The van der Waals surface area contributed by atoms with Crippen molar-refractivity contribution in [3.05, 3.63) is 11.1 Å². The van der Waals surface area contributed by atoms with Gasteiger partial charge < -0.3 is 4.90 Å². The first-order chi connectivity index (χ1) is 7.10. The van der Waals surface area contributed by atoms with Crippen LogP contribution in [-0.2, 0) is 0 Å². The van der Waals surface area contributed by atoms with E-state index < -0.39 is 0 Å². The number of carbonyl (C=O) groups is 1. The number of thiazole rings is 1. The molecule has 0 fully saturated rings. The first kappa shape index (κ1) is 12.2. The lowest BCUT2D eigenvalue weighted by atomic mass is 10.1. The lowest BCUT2D eigenvalue weighted by Crippen LogP contribution is -2.30. The van der Waals surface area contributed by atoms with Gasteiger partial charge in [-0.3, -0.25) is 4.79 Å². The van der Waals surface area contributed by atoms with E-state index in [1.165, 1.54) is 11.3 Å². The molecule has 84 valence electrons. The Morgan fingerprint density at radius 3 is 2.53 bits per heavy atom. The quantitative estimate of drug-likeness (QED) is 0.724. The minimum Gasteiger partial charge on any atom is -0.348 e. The SMILES string of the molecule is CCC(CC)N(C)c1nc(C(C)=O)cs1. The predicted molar refractivity (Wildman–Crippen MR) is 64.9 cm³/mol. The molecule has 1 aromatic heterocycles. The number of Topliss-reactive ketones (excluding diaryl/α,β-unsaturated/α-hetero) is 1. The predicted octanol–water partition coefficient (Wildman–Crippen LogP) is 2.97. The van der Waals surface area contributed by atoms with E-state index in [0.29, 0.717) is 11.7 Å². The van der Waals surface area contributed by atoms with Gasteiger partial charge in [-0.2, -0.15) is 0 Å². The molecule has 0 amide bonds. The molecular weight excluding hydrogens is 208 g/mol. The average molecular weight is 226 g/mol. The van der Waals surface area contributed by atoms with Gasteiger partial charge in [0.25, 0.3) is 0 Å². The van der Waals surface area contributed by atoms with Gasteiger partial charge in [0.05, 0.1) is 0 Å². The molecule has 0 aliphatic rings. The zero-order valence-corrected chi connectivity index (χ0v) is 10.6. The van der Waals surface area contributed by atoms with Gasteiger partial charge in [0.1, 0.15) is 5.69 Å². The molecule has 1 rings (SSSR count). The fraction of sp³-hybridized carbons (Fsp3) is 0.636. The summed E-state index contributed by atoms with van der Waals surface area (Å²) in [6.07, 6.45) is 2.20. The number of anilines is 1. The van der Waals surface area contributed by atoms with Gasteiger partial charge >= 0.3 is 0 Å². The van der Waals surface area contributed by atoms with Crippen molar-refractivity contribution < 1.29 is 4.79 Å². The monoisotopic (exact) mass is 226 g/mol. The summed E-state index contributed by atoms with van der Waals surface area (Å²) in [6.45, 7) is 5.89. The van der Waals surface area contributed by atoms with Crippen LogP contribution in [0.1, 0.15) is 44.1 Å². The fourth-order valence-corrected chi connectivity index (χ4v) is 2.48. The van der Waals surface area contributed by atoms with Crippen LogP contribution >= 0.6 is 11.3 Å². The minimum absolute atomic E-state index is 0.0375. The maximum atomic E-state index is 11.1. The van der Waals surface area contributed by atoms with Crippen molar-refractivity contribution in [1.29, 1.82) is 0 Å². The maximum absolute atomic E-state index is 11.1. The number of rotatable bonds is 5.